The van der Waals surface area contributed by atoms with Crippen molar-refractivity contribution in [3.63, 3.8) is 0 Å². The summed E-state index contributed by atoms with van der Waals surface area (Å²) in [5.41, 5.74) is 2.28. The molecule has 1 aromatic carbocycles. The molecule has 0 fully saturated rings. The van der Waals surface area contributed by atoms with Crippen LogP contribution in [0.25, 0.3) is 5.69 Å². The van der Waals surface area contributed by atoms with E-state index in [0.717, 1.165) is 11.5 Å². The molecule has 84 valence electrons. The summed E-state index contributed by atoms with van der Waals surface area (Å²) in [5, 5.41) is 7.54. The molecule has 0 aliphatic rings. The molecule has 16 heavy (non-hydrogen) atoms. The maximum absolute atomic E-state index is 4.42. The zero-order valence-electron chi connectivity index (χ0n) is 9.81. The van der Waals surface area contributed by atoms with Crippen molar-refractivity contribution in [2.24, 2.45) is 0 Å². The Balaban J connectivity index is 2.28. The summed E-state index contributed by atoms with van der Waals surface area (Å²) < 4.78 is 1.79. The Hall–Kier alpha value is -1.68. The van der Waals surface area contributed by atoms with Crippen LogP contribution in [0.5, 0.6) is 0 Å². The molecule has 0 radical (unpaired) electrons. The molecular formula is C12H16N4. The van der Waals surface area contributed by atoms with Crippen LogP contribution >= 0.6 is 0 Å². The molecule has 1 atom stereocenters. The maximum atomic E-state index is 4.42. The molecule has 2 rings (SSSR count). The van der Waals surface area contributed by atoms with Crippen molar-refractivity contribution < 1.29 is 0 Å². The summed E-state index contributed by atoms with van der Waals surface area (Å²) in [6, 6.07) is 8.39. The van der Waals surface area contributed by atoms with Gasteiger partial charge in [-0.2, -0.15) is 0 Å². The van der Waals surface area contributed by atoms with E-state index in [0.29, 0.717) is 0 Å². The van der Waals surface area contributed by atoms with Gasteiger partial charge in [-0.05, 0) is 33.0 Å². The number of hydrogen-bond donors (Lipinski definition) is 1. The molecule has 4 heteroatoms. The van der Waals surface area contributed by atoms with E-state index in [-0.39, 0.29) is 6.04 Å². The summed E-state index contributed by atoms with van der Waals surface area (Å²) in [7, 11) is 1.90. The van der Waals surface area contributed by atoms with Crippen molar-refractivity contribution in [2.45, 2.75) is 19.9 Å². The minimum atomic E-state index is 0.173. The second-order valence-electron chi connectivity index (χ2n) is 3.89. The van der Waals surface area contributed by atoms with Gasteiger partial charge in [-0.3, -0.25) is 0 Å². The first kappa shape index (κ1) is 10.8. The van der Waals surface area contributed by atoms with Gasteiger partial charge in [0.2, 0.25) is 0 Å². The Labute approximate surface area is 95.3 Å². The predicted molar refractivity (Wildman–Crippen MR) is 63.6 cm³/mol. The van der Waals surface area contributed by atoms with E-state index < -0.39 is 0 Å². The van der Waals surface area contributed by atoms with Gasteiger partial charge >= 0.3 is 0 Å². The number of rotatable bonds is 3. The zero-order valence-corrected chi connectivity index (χ0v) is 9.81. The normalized spacial score (nSPS) is 12.7. The minimum absolute atomic E-state index is 0.173. The molecule has 0 saturated carbocycles. The van der Waals surface area contributed by atoms with Crippen LogP contribution in [0.4, 0.5) is 0 Å². The van der Waals surface area contributed by atoms with Crippen molar-refractivity contribution in [1.82, 2.24) is 20.1 Å². The monoisotopic (exact) mass is 216 g/mol. The highest BCUT2D eigenvalue weighted by Crippen LogP contribution is 2.10. The molecule has 2 aromatic rings. The van der Waals surface area contributed by atoms with Crippen LogP contribution in [0.15, 0.2) is 30.6 Å². The Bertz CT molecular complexity index is 458. The maximum Gasteiger partial charge on any atom is 0.167 e. The van der Waals surface area contributed by atoms with Gasteiger partial charge in [0.05, 0.1) is 11.7 Å². The van der Waals surface area contributed by atoms with Gasteiger partial charge in [0.15, 0.2) is 5.82 Å². The van der Waals surface area contributed by atoms with Gasteiger partial charge in [-0.15, -0.1) is 5.10 Å². The Morgan fingerprint density at radius 1 is 1.25 bits per heavy atom. The third-order valence-corrected chi connectivity index (χ3v) is 2.63. The van der Waals surface area contributed by atoms with Crippen molar-refractivity contribution in [3.8, 4) is 5.69 Å². The molecule has 1 unspecified atom stereocenters. The first-order chi connectivity index (χ1) is 7.70. The lowest BCUT2D eigenvalue weighted by molar-refractivity contribution is 0.607. The summed E-state index contributed by atoms with van der Waals surface area (Å²) in [6.07, 6.45) is 1.74. The summed E-state index contributed by atoms with van der Waals surface area (Å²) >= 11 is 0. The second kappa shape index (κ2) is 4.45. The highest BCUT2D eigenvalue weighted by Gasteiger charge is 2.08. The number of aryl methyl sites for hydroxylation is 1. The van der Waals surface area contributed by atoms with Gasteiger partial charge < -0.3 is 5.32 Å². The van der Waals surface area contributed by atoms with E-state index in [1.54, 1.807) is 11.0 Å². The van der Waals surface area contributed by atoms with Crippen LogP contribution in [-0.4, -0.2) is 21.8 Å². The summed E-state index contributed by atoms with van der Waals surface area (Å²) in [5.74, 6) is 0.808. The Morgan fingerprint density at radius 3 is 2.56 bits per heavy atom. The van der Waals surface area contributed by atoms with Crippen molar-refractivity contribution in [1.29, 1.82) is 0 Å². The molecule has 0 aliphatic heterocycles. The number of nitrogens with one attached hydrogen (secondary N) is 1. The van der Waals surface area contributed by atoms with Crippen LogP contribution in [-0.2, 0) is 0 Å². The van der Waals surface area contributed by atoms with Crippen LogP contribution in [0.1, 0.15) is 24.4 Å². The molecule has 0 amide bonds. The topological polar surface area (TPSA) is 42.7 Å². The van der Waals surface area contributed by atoms with Crippen LogP contribution in [0, 0.1) is 6.92 Å². The first-order valence-electron chi connectivity index (χ1n) is 5.36. The fourth-order valence-electron chi connectivity index (χ4n) is 1.43. The Kier molecular flexibility index (Phi) is 3.01. The first-order valence-corrected chi connectivity index (χ1v) is 5.36. The van der Waals surface area contributed by atoms with E-state index >= 15 is 0 Å². The van der Waals surface area contributed by atoms with Crippen LogP contribution in [0.3, 0.4) is 0 Å². The summed E-state index contributed by atoms with van der Waals surface area (Å²) in [4.78, 5) is 4.28. The van der Waals surface area contributed by atoms with Gasteiger partial charge in [0, 0.05) is 0 Å². The molecule has 0 aliphatic carbocycles. The van der Waals surface area contributed by atoms with Crippen LogP contribution < -0.4 is 5.32 Å². The van der Waals surface area contributed by atoms with Gasteiger partial charge in [0.25, 0.3) is 0 Å². The minimum Gasteiger partial charge on any atom is -0.311 e. The molecule has 1 aromatic heterocycles. The quantitative estimate of drug-likeness (QED) is 0.851. The molecule has 1 heterocycles. The lowest BCUT2D eigenvalue weighted by Crippen LogP contribution is -2.14. The van der Waals surface area contributed by atoms with Crippen molar-refractivity contribution in [3.05, 3.63) is 42.0 Å². The predicted octanol–water partition coefficient (Wildman–Crippen LogP) is 1.86. The fraction of sp³-hybridized carbons (Fsp3) is 0.333. The molecule has 4 nitrogen and oxygen atoms in total. The van der Waals surface area contributed by atoms with E-state index in [1.807, 2.05) is 26.1 Å². The van der Waals surface area contributed by atoms with Gasteiger partial charge in [-0.1, -0.05) is 17.7 Å². The SMILES string of the molecule is CNC(C)c1ncn(-c2ccc(C)cc2)n1. The standard InChI is InChI=1S/C12H16N4/c1-9-4-6-11(7-5-9)16-8-14-12(15-16)10(2)13-3/h4-8,10,13H,1-3H3. The lowest BCUT2D eigenvalue weighted by atomic mass is 10.2. The molecule has 0 saturated heterocycles. The number of benzene rings is 1. The number of aromatic nitrogens is 3. The lowest BCUT2D eigenvalue weighted by Gasteiger charge is -2.04. The van der Waals surface area contributed by atoms with E-state index in [2.05, 4.69) is 34.5 Å². The molecule has 0 bridgehead atoms. The number of nitrogens with zero attached hydrogens (tertiary/aromatic N) is 3. The third kappa shape index (κ3) is 2.12. The zero-order chi connectivity index (χ0) is 11.5. The molecular weight excluding hydrogens is 200 g/mol. The van der Waals surface area contributed by atoms with E-state index in [4.69, 9.17) is 0 Å². The smallest absolute Gasteiger partial charge is 0.167 e. The van der Waals surface area contributed by atoms with Gasteiger partial charge in [0.1, 0.15) is 6.33 Å². The largest absolute Gasteiger partial charge is 0.311 e. The fourth-order valence-corrected chi connectivity index (χ4v) is 1.43. The van der Waals surface area contributed by atoms with Crippen molar-refractivity contribution >= 4 is 0 Å². The second-order valence-corrected chi connectivity index (χ2v) is 3.89. The number of hydrogen-bond acceptors (Lipinski definition) is 3. The van der Waals surface area contributed by atoms with Crippen molar-refractivity contribution in [2.75, 3.05) is 7.05 Å². The highest BCUT2D eigenvalue weighted by atomic mass is 15.3. The van der Waals surface area contributed by atoms with E-state index in [9.17, 15) is 0 Å². The molecule has 1 N–H and O–H groups in total. The molecule has 0 spiro atoms. The average molecular weight is 216 g/mol. The van der Waals surface area contributed by atoms with Crippen LogP contribution in [0.2, 0.25) is 0 Å². The highest BCUT2D eigenvalue weighted by molar-refractivity contribution is 5.32. The van der Waals surface area contributed by atoms with E-state index in [1.165, 1.54) is 5.56 Å². The van der Waals surface area contributed by atoms with Gasteiger partial charge in [-0.25, -0.2) is 9.67 Å². The Morgan fingerprint density at radius 2 is 1.94 bits per heavy atom. The third-order valence-electron chi connectivity index (χ3n) is 2.63. The average Bonchev–Trinajstić information content (AvgIpc) is 2.78. The summed E-state index contributed by atoms with van der Waals surface area (Å²) in [6.45, 7) is 4.11.